The fourth-order valence-electron chi connectivity index (χ4n) is 2.81. The van der Waals surface area contributed by atoms with Crippen molar-refractivity contribution >= 4 is 17.7 Å². The number of hydrogen-bond donors (Lipinski definition) is 1. The van der Waals surface area contributed by atoms with Crippen LogP contribution in [0.15, 0.2) is 30.3 Å². The van der Waals surface area contributed by atoms with Gasteiger partial charge in [0, 0.05) is 44.2 Å². The van der Waals surface area contributed by atoms with Crippen LogP contribution >= 0.6 is 11.8 Å². The number of benzene rings is 1. The van der Waals surface area contributed by atoms with Crippen LogP contribution in [0.25, 0.3) is 0 Å². The number of thioether (sulfide) groups is 1. The Morgan fingerprint density at radius 3 is 2.74 bits per heavy atom. The molecule has 128 valence electrons. The quantitative estimate of drug-likeness (QED) is 0.741. The first-order valence-electron chi connectivity index (χ1n) is 8.28. The number of nitrogens with one attached hydrogen (secondary N) is 1. The molecule has 1 heterocycles. The second-order valence-corrected chi connectivity index (χ2v) is 7.39. The van der Waals surface area contributed by atoms with E-state index >= 15 is 0 Å². The van der Waals surface area contributed by atoms with E-state index in [0.717, 1.165) is 24.6 Å². The van der Waals surface area contributed by atoms with Gasteiger partial charge in [-0.15, -0.1) is 0 Å². The van der Waals surface area contributed by atoms with Crippen molar-refractivity contribution in [3.63, 3.8) is 0 Å². The third-order valence-corrected chi connectivity index (χ3v) is 5.29. The monoisotopic (exact) mass is 336 g/mol. The van der Waals surface area contributed by atoms with Gasteiger partial charge in [0.2, 0.25) is 5.91 Å². The average Bonchev–Trinajstić information content (AvgIpc) is 2.96. The molecule has 4 nitrogen and oxygen atoms in total. The molecule has 1 fully saturated rings. The molecule has 1 aliphatic rings. The van der Waals surface area contributed by atoms with Gasteiger partial charge in [0.05, 0.1) is 12.1 Å². The van der Waals surface area contributed by atoms with E-state index in [1.165, 1.54) is 5.56 Å². The highest BCUT2D eigenvalue weighted by atomic mass is 32.2. The number of carbonyl (C=O) groups is 1. The van der Waals surface area contributed by atoms with E-state index in [4.69, 9.17) is 4.74 Å². The molecule has 0 unspecified atom stereocenters. The number of likely N-dealkylation sites (tertiary alicyclic amines) is 1. The van der Waals surface area contributed by atoms with Gasteiger partial charge in [0.15, 0.2) is 0 Å². The van der Waals surface area contributed by atoms with E-state index < -0.39 is 0 Å². The van der Waals surface area contributed by atoms with Crippen LogP contribution in [0.1, 0.15) is 25.8 Å². The molecular formula is C18H28N2O2S. The number of ether oxygens (including phenoxy) is 1. The summed E-state index contributed by atoms with van der Waals surface area (Å²) in [5, 5.41) is 3.14. The van der Waals surface area contributed by atoms with Crippen LogP contribution in [-0.4, -0.2) is 54.9 Å². The van der Waals surface area contributed by atoms with Gasteiger partial charge in [0.1, 0.15) is 0 Å². The third-order valence-electron chi connectivity index (χ3n) is 4.26. The molecule has 0 spiro atoms. The minimum atomic E-state index is 0.0957. The molecule has 0 radical (unpaired) electrons. The van der Waals surface area contributed by atoms with Crippen LogP contribution in [0.3, 0.4) is 0 Å². The lowest BCUT2D eigenvalue weighted by atomic mass is 10.2. The molecule has 0 bridgehead atoms. The Labute approximate surface area is 144 Å². The molecule has 1 N–H and O–H groups in total. The highest BCUT2D eigenvalue weighted by Gasteiger charge is 2.34. The molecule has 5 heteroatoms. The van der Waals surface area contributed by atoms with Crippen LogP contribution in [0.4, 0.5) is 0 Å². The molecule has 2 atom stereocenters. The standard InChI is InChI=1S/C18H28N2O2S/c1-14(2)20-11-16(17(12-20)22-3)19-18(21)9-10-23-13-15-7-5-4-6-8-15/h4-8,14,16-17H,9-13H2,1-3H3,(H,19,21)/t16-,17-/m0/s1. The first kappa shape index (κ1) is 18.3. The molecule has 1 aromatic rings. The Morgan fingerprint density at radius 1 is 1.35 bits per heavy atom. The Bertz CT molecular complexity index is 481. The molecule has 1 aliphatic heterocycles. The van der Waals surface area contributed by atoms with Gasteiger partial charge < -0.3 is 10.1 Å². The van der Waals surface area contributed by atoms with Crippen molar-refractivity contribution in [1.29, 1.82) is 0 Å². The summed E-state index contributed by atoms with van der Waals surface area (Å²) in [5.74, 6) is 1.93. The fraction of sp³-hybridized carbons (Fsp3) is 0.611. The molecule has 1 aromatic carbocycles. The van der Waals surface area contributed by atoms with Crippen molar-refractivity contribution < 1.29 is 9.53 Å². The van der Waals surface area contributed by atoms with Crippen LogP contribution in [0, 0.1) is 0 Å². The largest absolute Gasteiger partial charge is 0.378 e. The normalized spacial score (nSPS) is 21.7. The highest BCUT2D eigenvalue weighted by molar-refractivity contribution is 7.98. The van der Waals surface area contributed by atoms with E-state index in [-0.39, 0.29) is 18.1 Å². The molecular weight excluding hydrogens is 308 g/mol. The molecule has 0 aliphatic carbocycles. The maximum Gasteiger partial charge on any atom is 0.221 e. The second kappa shape index (κ2) is 9.30. The van der Waals surface area contributed by atoms with Gasteiger partial charge in [-0.3, -0.25) is 9.69 Å². The summed E-state index contributed by atoms with van der Waals surface area (Å²) in [7, 11) is 1.73. The van der Waals surface area contributed by atoms with Crippen LogP contribution in [-0.2, 0) is 15.3 Å². The molecule has 0 aromatic heterocycles. The summed E-state index contributed by atoms with van der Waals surface area (Å²) < 4.78 is 5.53. The lowest BCUT2D eigenvalue weighted by molar-refractivity contribution is -0.122. The summed E-state index contributed by atoms with van der Waals surface area (Å²) in [5.41, 5.74) is 1.31. The maximum absolute atomic E-state index is 12.1. The van der Waals surface area contributed by atoms with Crippen molar-refractivity contribution in [2.24, 2.45) is 0 Å². The minimum Gasteiger partial charge on any atom is -0.378 e. The summed E-state index contributed by atoms with van der Waals surface area (Å²) in [6, 6.07) is 11.0. The molecule has 2 rings (SSSR count). The van der Waals surface area contributed by atoms with Gasteiger partial charge in [-0.1, -0.05) is 30.3 Å². The number of nitrogens with zero attached hydrogens (tertiary/aromatic N) is 1. The predicted octanol–water partition coefficient (Wildman–Crippen LogP) is 2.53. The van der Waals surface area contributed by atoms with Crippen LogP contribution in [0.5, 0.6) is 0 Å². The molecule has 23 heavy (non-hydrogen) atoms. The number of rotatable bonds is 8. The first-order valence-corrected chi connectivity index (χ1v) is 9.43. The Morgan fingerprint density at radius 2 is 2.09 bits per heavy atom. The van der Waals surface area contributed by atoms with Crippen LogP contribution in [0.2, 0.25) is 0 Å². The summed E-state index contributed by atoms with van der Waals surface area (Å²) >= 11 is 1.80. The van der Waals surface area contributed by atoms with E-state index in [9.17, 15) is 4.79 Å². The van der Waals surface area contributed by atoms with Crippen molar-refractivity contribution in [3.05, 3.63) is 35.9 Å². The minimum absolute atomic E-state index is 0.0957. The molecule has 1 saturated heterocycles. The fourth-order valence-corrected chi connectivity index (χ4v) is 3.71. The zero-order valence-corrected chi connectivity index (χ0v) is 15.1. The maximum atomic E-state index is 12.1. The molecule has 0 saturated carbocycles. The number of amides is 1. The lowest BCUT2D eigenvalue weighted by Crippen LogP contribution is -2.43. The topological polar surface area (TPSA) is 41.6 Å². The third kappa shape index (κ3) is 5.83. The summed E-state index contributed by atoms with van der Waals surface area (Å²) in [4.78, 5) is 14.5. The van der Waals surface area contributed by atoms with Gasteiger partial charge in [-0.2, -0.15) is 11.8 Å². The Kier molecular flexibility index (Phi) is 7.40. The van der Waals surface area contributed by atoms with Crippen molar-refractivity contribution in [3.8, 4) is 0 Å². The second-order valence-electron chi connectivity index (χ2n) is 6.28. The van der Waals surface area contributed by atoms with E-state index in [1.807, 2.05) is 18.2 Å². The molecule has 1 amide bonds. The first-order chi connectivity index (χ1) is 11.1. The summed E-state index contributed by atoms with van der Waals surface area (Å²) in [6.07, 6.45) is 0.657. The van der Waals surface area contributed by atoms with Crippen molar-refractivity contribution in [1.82, 2.24) is 10.2 Å². The zero-order valence-electron chi connectivity index (χ0n) is 14.3. The van der Waals surface area contributed by atoms with E-state index in [2.05, 4.69) is 36.2 Å². The van der Waals surface area contributed by atoms with Crippen LogP contribution < -0.4 is 5.32 Å². The lowest BCUT2D eigenvalue weighted by Gasteiger charge is -2.20. The van der Waals surface area contributed by atoms with E-state index in [1.54, 1.807) is 18.9 Å². The van der Waals surface area contributed by atoms with E-state index in [0.29, 0.717) is 12.5 Å². The highest BCUT2D eigenvalue weighted by Crippen LogP contribution is 2.17. The smallest absolute Gasteiger partial charge is 0.221 e. The number of hydrogen-bond acceptors (Lipinski definition) is 4. The van der Waals surface area contributed by atoms with Gasteiger partial charge >= 0.3 is 0 Å². The average molecular weight is 337 g/mol. The SMILES string of the molecule is CO[C@H]1CN(C(C)C)C[C@@H]1NC(=O)CCSCc1ccccc1. The summed E-state index contributed by atoms with van der Waals surface area (Å²) in [6.45, 7) is 6.12. The van der Waals surface area contributed by atoms with Crippen molar-refractivity contribution in [2.75, 3.05) is 26.0 Å². The Balaban J connectivity index is 1.68. The predicted molar refractivity (Wildman–Crippen MR) is 96.7 cm³/mol. The zero-order chi connectivity index (χ0) is 16.7. The number of carbonyl (C=O) groups excluding carboxylic acids is 1. The van der Waals surface area contributed by atoms with Crippen molar-refractivity contribution in [2.45, 2.75) is 44.2 Å². The van der Waals surface area contributed by atoms with Gasteiger partial charge in [0.25, 0.3) is 0 Å². The van der Waals surface area contributed by atoms with Gasteiger partial charge in [-0.25, -0.2) is 0 Å². The van der Waals surface area contributed by atoms with Gasteiger partial charge in [-0.05, 0) is 19.4 Å². The Hall–Kier alpha value is -1.04. The number of methoxy groups -OCH3 is 1.